The molecular formula is C22H22N2O4. The van der Waals surface area contributed by atoms with Crippen LogP contribution < -0.4 is 4.74 Å². The van der Waals surface area contributed by atoms with Gasteiger partial charge in [-0.3, -0.25) is 4.79 Å². The fourth-order valence-corrected chi connectivity index (χ4v) is 3.10. The molecule has 0 fully saturated rings. The first kappa shape index (κ1) is 19.4. The maximum Gasteiger partial charge on any atom is 0.344 e. The number of para-hydroxylation sites is 1. The quantitative estimate of drug-likeness (QED) is 0.460. The SMILES string of the molecule is CCOc1ncccc1C(=O)OCC(=O)c1cc(C)n(-c2ccccc2)c1C. The van der Waals surface area contributed by atoms with Gasteiger partial charge in [-0.1, -0.05) is 18.2 Å². The lowest BCUT2D eigenvalue weighted by Gasteiger charge is -2.10. The number of rotatable bonds is 7. The second kappa shape index (κ2) is 8.52. The van der Waals surface area contributed by atoms with Crippen molar-refractivity contribution in [2.45, 2.75) is 20.8 Å². The summed E-state index contributed by atoms with van der Waals surface area (Å²) in [6.45, 7) is 5.64. The van der Waals surface area contributed by atoms with Crippen LogP contribution in [0.1, 0.15) is 39.0 Å². The molecule has 0 unspecified atom stereocenters. The Balaban J connectivity index is 1.75. The first-order chi connectivity index (χ1) is 13.5. The lowest BCUT2D eigenvalue weighted by atomic mass is 10.1. The van der Waals surface area contributed by atoms with Gasteiger partial charge in [-0.25, -0.2) is 9.78 Å². The molecule has 0 saturated carbocycles. The Kier molecular flexibility index (Phi) is 5.89. The van der Waals surface area contributed by atoms with Crippen molar-refractivity contribution in [2.24, 2.45) is 0 Å². The molecule has 1 aromatic carbocycles. The zero-order valence-corrected chi connectivity index (χ0v) is 16.1. The number of benzene rings is 1. The van der Waals surface area contributed by atoms with Gasteiger partial charge >= 0.3 is 5.97 Å². The maximum atomic E-state index is 12.7. The third-order valence-electron chi connectivity index (χ3n) is 4.35. The highest BCUT2D eigenvalue weighted by atomic mass is 16.5. The molecule has 3 rings (SSSR count). The summed E-state index contributed by atoms with van der Waals surface area (Å²) in [5, 5.41) is 0. The molecule has 0 amide bonds. The van der Waals surface area contributed by atoms with Gasteiger partial charge < -0.3 is 14.0 Å². The molecule has 0 aliphatic rings. The van der Waals surface area contributed by atoms with Crippen molar-refractivity contribution in [3.8, 4) is 11.6 Å². The van der Waals surface area contributed by atoms with E-state index in [1.165, 1.54) is 6.20 Å². The van der Waals surface area contributed by atoms with Crippen LogP contribution >= 0.6 is 0 Å². The number of carbonyl (C=O) groups excluding carboxylic acids is 2. The highest BCUT2D eigenvalue weighted by molar-refractivity contribution is 6.01. The Bertz CT molecular complexity index is 993. The molecule has 0 radical (unpaired) electrons. The van der Waals surface area contributed by atoms with E-state index in [-0.39, 0.29) is 23.8 Å². The average Bonchev–Trinajstić information content (AvgIpc) is 3.01. The Morgan fingerprint density at radius 3 is 2.50 bits per heavy atom. The van der Waals surface area contributed by atoms with E-state index in [0.717, 1.165) is 17.1 Å². The zero-order chi connectivity index (χ0) is 20.1. The minimum absolute atomic E-state index is 0.199. The third-order valence-corrected chi connectivity index (χ3v) is 4.35. The summed E-state index contributed by atoms with van der Waals surface area (Å²) < 4.78 is 12.6. The van der Waals surface area contributed by atoms with Gasteiger partial charge in [0.2, 0.25) is 11.7 Å². The molecule has 0 N–H and O–H groups in total. The van der Waals surface area contributed by atoms with Gasteiger partial charge in [-0.05, 0) is 51.1 Å². The van der Waals surface area contributed by atoms with E-state index in [1.54, 1.807) is 19.1 Å². The van der Waals surface area contributed by atoms with E-state index >= 15 is 0 Å². The van der Waals surface area contributed by atoms with E-state index in [2.05, 4.69) is 4.98 Å². The van der Waals surface area contributed by atoms with E-state index in [1.807, 2.05) is 54.8 Å². The summed E-state index contributed by atoms with van der Waals surface area (Å²) in [5.74, 6) is -0.697. The molecule has 6 nitrogen and oxygen atoms in total. The second-order valence-electron chi connectivity index (χ2n) is 6.24. The van der Waals surface area contributed by atoms with Crippen molar-refractivity contribution >= 4 is 11.8 Å². The molecular weight excluding hydrogens is 356 g/mol. The summed E-state index contributed by atoms with van der Waals surface area (Å²) >= 11 is 0. The van der Waals surface area contributed by atoms with Gasteiger partial charge in [-0.2, -0.15) is 0 Å². The van der Waals surface area contributed by atoms with Crippen LogP contribution in [-0.4, -0.2) is 34.5 Å². The van der Waals surface area contributed by atoms with Crippen molar-refractivity contribution in [2.75, 3.05) is 13.2 Å². The Hall–Kier alpha value is -3.41. The summed E-state index contributed by atoms with van der Waals surface area (Å²) in [7, 11) is 0. The van der Waals surface area contributed by atoms with Gasteiger partial charge in [0.1, 0.15) is 5.56 Å². The molecule has 28 heavy (non-hydrogen) atoms. The predicted molar refractivity (Wildman–Crippen MR) is 105 cm³/mol. The zero-order valence-electron chi connectivity index (χ0n) is 16.1. The minimum atomic E-state index is -0.637. The average molecular weight is 378 g/mol. The van der Waals surface area contributed by atoms with Crippen LogP contribution in [0.25, 0.3) is 5.69 Å². The number of hydrogen-bond donors (Lipinski definition) is 0. The van der Waals surface area contributed by atoms with E-state index in [4.69, 9.17) is 9.47 Å². The number of nitrogens with zero attached hydrogens (tertiary/aromatic N) is 2. The molecule has 0 saturated heterocycles. The molecule has 2 aromatic heterocycles. The lowest BCUT2D eigenvalue weighted by Crippen LogP contribution is -2.16. The lowest BCUT2D eigenvalue weighted by molar-refractivity contribution is 0.0470. The number of hydrogen-bond acceptors (Lipinski definition) is 5. The van der Waals surface area contributed by atoms with Crippen LogP contribution in [0.3, 0.4) is 0 Å². The second-order valence-corrected chi connectivity index (χ2v) is 6.24. The summed E-state index contributed by atoms with van der Waals surface area (Å²) in [4.78, 5) is 29.1. The van der Waals surface area contributed by atoms with Crippen LogP contribution in [-0.2, 0) is 4.74 Å². The van der Waals surface area contributed by atoms with Crippen LogP contribution in [0.4, 0.5) is 0 Å². The number of ether oxygens (including phenoxy) is 2. The number of esters is 1. The van der Waals surface area contributed by atoms with E-state index < -0.39 is 5.97 Å². The number of aromatic nitrogens is 2. The molecule has 0 spiro atoms. The number of ketones is 1. The van der Waals surface area contributed by atoms with Gasteiger partial charge in [0.25, 0.3) is 0 Å². The topological polar surface area (TPSA) is 70.4 Å². The predicted octanol–water partition coefficient (Wildman–Crippen LogP) is 3.93. The van der Waals surface area contributed by atoms with Gasteiger partial charge in [-0.15, -0.1) is 0 Å². The fourth-order valence-electron chi connectivity index (χ4n) is 3.10. The number of carbonyl (C=O) groups is 2. The highest BCUT2D eigenvalue weighted by Gasteiger charge is 2.20. The first-order valence-corrected chi connectivity index (χ1v) is 9.05. The molecule has 2 heterocycles. The highest BCUT2D eigenvalue weighted by Crippen LogP contribution is 2.21. The molecule has 3 aromatic rings. The van der Waals surface area contributed by atoms with Gasteiger partial charge in [0.05, 0.1) is 6.61 Å². The molecule has 6 heteroatoms. The largest absolute Gasteiger partial charge is 0.477 e. The third kappa shape index (κ3) is 3.96. The smallest absolute Gasteiger partial charge is 0.344 e. The van der Waals surface area contributed by atoms with Crippen LogP contribution in [0.2, 0.25) is 0 Å². The van der Waals surface area contributed by atoms with Crippen molar-refractivity contribution in [1.29, 1.82) is 0 Å². The molecule has 0 aliphatic carbocycles. The first-order valence-electron chi connectivity index (χ1n) is 9.05. The van der Waals surface area contributed by atoms with Crippen molar-refractivity contribution in [3.05, 3.63) is 77.2 Å². The normalized spacial score (nSPS) is 10.5. The number of aryl methyl sites for hydroxylation is 1. The van der Waals surface area contributed by atoms with E-state index in [9.17, 15) is 9.59 Å². The molecule has 144 valence electrons. The van der Waals surface area contributed by atoms with Gasteiger partial charge in [0.15, 0.2) is 6.61 Å². The fraction of sp³-hybridized carbons (Fsp3) is 0.227. The maximum absolute atomic E-state index is 12.7. The number of Topliss-reactive ketones (excluding diaryl/α,β-unsaturated/α-hetero) is 1. The van der Waals surface area contributed by atoms with Crippen molar-refractivity contribution in [3.63, 3.8) is 0 Å². The number of pyridine rings is 1. The van der Waals surface area contributed by atoms with Crippen LogP contribution in [0.5, 0.6) is 5.88 Å². The van der Waals surface area contributed by atoms with Crippen molar-refractivity contribution in [1.82, 2.24) is 9.55 Å². The van der Waals surface area contributed by atoms with Crippen LogP contribution in [0, 0.1) is 13.8 Å². The molecule has 0 bridgehead atoms. The van der Waals surface area contributed by atoms with E-state index in [0.29, 0.717) is 12.2 Å². The summed E-state index contributed by atoms with van der Waals surface area (Å²) in [6, 6.07) is 14.8. The summed E-state index contributed by atoms with van der Waals surface area (Å²) in [5.41, 5.74) is 3.45. The standard InChI is InChI=1S/C22H22N2O4/c1-4-27-21-18(11-8-12-23-21)22(26)28-14-20(25)19-13-15(2)24(16(19)3)17-9-6-5-7-10-17/h5-13H,4,14H2,1-3H3. The summed E-state index contributed by atoms with van der Waals surface area (Å²) in [6.07, 6.45) is 1.53. The molecule has 0 aliphatic heterocycles. The molecule has 0 atom stereocenters. The Labute approximate surface area is 163 Å². The van der Waals surface area contributed by atoms with Crippen molar-refractivity contribution < 1.29 is 19.1 Å². The monoisotopic (exact) mass is 378 g/mol. The Morgan fingerprint density at radius 2 is 1.79 bits per heavy atom. The Morgan fingerprint density at radius 1 is 1.04 bits per heavy atom. The van der Waals surface area contributed by atoms with Gasteiger partial charge in [0, 0.05) is 28.8 Å². The van der Waals surface area contributed by atoms with Crippen LogP contribution in [0.15, 0.2) is 54.7 Å². The minimum Gasteiger partial charge on any atom is -0.477 e.